The van der Waals surface area contributed by atoms with Gasteiger partial charge in [-0.1, -0.05) is 20.8 Å². The molecule has 0 bridgehead atoms. The van der Waals surface area contributed by atoms with Gasteiger partial charge in [0, 0.05) is 42.5 Å². The number of fused-ring (bicyclic) bond motifs is 1. The van der Waals surface area contributed by atoms with E-state index in [2.05, 4.69) is 43.5 Å². The van der Waals surface area contributed by atoms with E-state index in [4.69, 9.17) is 14.5 Å². The average Bonchev–Trinajstić information content (AvgIpc) is 3.33. The Morgan fingerprint density at radius 3 is 2.73 bits per heavy atom. The van der Waals surface area contributed by atoms with Crippen molar-refractivity contribution in [2.45, 2.75) is 50.5 Å². The van der Waals surface area contributed by atoms with Gasteiger partial charge >= 0.3 is 5.97 Å². The summed E-state index contributed by atoms with van der Waals surface area (Å²) < 4.78 is 14.6. The van der Waals surface area contributed by atoms with Gasteiger partial charge < -0.3 is 14.0 Å². The van der Waals surface area contributed by atoms with E-state index in [1.54, 1.807) is 24.2 Å². The third kappa shape index (κ3) is 4.42. The van der Waals surface area contributed by atoms with Crippen molar-refractivity contribution >= 4 is 29.0 Å². The summed E-state index contributed by atoms with van der Waals surface area (Å²) in [7, 11) is 1.39. The van der Waals surface area contributed by atoms with Crippen LogP contribution in [0, 0.1) is 5.92 Å². The number of benzene rings is 1. The number of carbonyl (C=O) groups excluding carboxylic acids is 1. The topological polar surface area (TPSA) is 58.3 Å². The second-order valence-electron chi connectivity index (χ2n) is 8.85. The summed E-state index contributed by atoms with van der Waals surface area (Å²) in [5, 5.41) is 0. The fraction of sp³-hybridized carbons (Fsp3) is 0.478. The zero-order valence-electron chi connectivity index (χ0n) is 18.1. The predicted octanol–water partition coefficient (Wildman–Crippen LogP) is 4.90. The summed E-state index contributed by atoms with van der Waals surface area (Å²) in [5.74, 6) is 1.43. The largest absolute Gasteiger partial charge is 0.465 e. The second-order valence-corrected chi connectivity index (χ2v) is 9.92. The lowest BCUT2D eigenvalue weighted by atomic mass is 9.94. The average molecular weight is 428 g/mol. The van der Waals surface area contributed by atoms with Gasteiger partial charge in [0.2, 0.25) is 0 Å². The van der Waals surface area contributed by atoms with Gasteiger partial charge in [0.15, 0.2) is 0 Å². The fourth-order valence-electron chi connectivity index (χ4n) is 3.90. The summed E-state index contributed by atoms with van der Waals surface area (Å²) in [6, 6.07) is 8.19. The summed E-state index contributed by atoms with van der Waals surface area (Å²) in [4.78, 5) is 17.8. The number of nitrogens with zero attached hydrogens (tertiary/aromatic N) is 3. The Hall–Kier alpha value is -2.25. The molecule has 1 saturated heterocycles. The van der Waals surface area contributed by atoms with E-state index in [1.807, 2.05) is 10.2 Å². The number of hydrogen-bond acceptors (Lipinski definition) is 5. The maximum atomic E-state index is 11.7. The highest BCUT2D eigenvalue weighted by Gasteiger charge is 2.25. The van der Waals surface area contributed by atoms with Crippen LogP contribution in [0.5, 0.6) is 0 Å². The smallest absolute Gasteiger partial charge is 0.339 e. The Morgan fingerprint density at radius 2 is 2.03 bits per heavy atom. The molecule has 4 rings (SSSR count). The number of rotatable bonds is 5. The maximum absolute atomic E-state index is 11.7. The third-order valence-electron chi connectivity index (χ3n) is 5.47. The SMILES string of the molecule is COC(=O)c1ccn(Sc2ccc3c(c2)nc(C(C)(C)C)n3CC2CCOCC2)c1. The van der Waals surface area contributed by atoms with Crippen LogP contribution in [0.15, 0.2) is 41.6 Å². The fourth-order valence-corrected chi connectivity index (χ4v) is 4.73. The van der Waals surface area contributed by atoms with E-state index < -0.39 is 0 Å². The highest BCUT2D eigenvalue weighted by molar-refractivity contribution is 7.97. The van der Waals surface area contributed by atoms with Crippen LogP contribution < -0.4 is 0 Å². The summed E-state index contributed by atoms with van der Waals surface area (Å²) in [5.41, 5.74) is 2.70. The van der Waals surface area contributed by atoms with Crippen molar-refractivity contribution < 1.29 is 14.3 Å². The standard InChI is InChI=1S/C23H29N3O3S/c1-23(2,3)22-24-19-13-18(30-25-10-7-17(15-25)21(27)28-4)5-6-20(19)26(22)14-16-8-11-29-12-9-16/h5-7,10,13,15-16H,8-9,11-12,14H2,1-4H3. The van der Waals surface area contributed by atoms with Gasteiger partial charge in [-0.05, 0) is 55.0 Å². The number of aromatic nitrogens is 3. The van der Waals surface area contributed by atoms with Crippen molar-refractivity contribution in [3.63, 3.8) is 0 Å². The van der Waals surface area contributed by atoms with E-state index in [0.717, 1.165) is 48.8 Å². The van der Waals surface area contributed by atoms with Crippen LogP contribution in [0.1, 0.15) is 49.8 Å². The van der Waals surface area contributed by atoms with Gasteiger partial charge in [0.05, 0.1) is 23.7 Å². The minimum Gasteiger partial charge on any atom is -0.465 e. The number of ether oxygens (including phenoxy) is 2. The molecule has 1 aliphatic heterocycles. The highest BCUT2D eigenvalue weighted by Crippen LogP contribution is 2.32. The van der Waals surface area contributed by atoms with E-state index in [-0.39, 0.29) is 11.4 Å². The molecule has 0 amide bonds. The number of hydrogen-bond donors (Lipinski definition) is 0. The third-order valence-corrected chi connectivity index (χ3v) is 6.37. The monoisotopic (exact) mass is 427 g/mol. The molecule has 0 spiro atoms. The number of carbonyl (C=O) groups is 1. The molecular formula is C23H29N3O3S. The first-order valence-electron chi connectivity index (χ1n) is 10.4. The van der Waals surface area contributed by atoms with Crippen molar-refractivity contribution in [3.8, 4) is 0 Å². The molecule has 0 atom stereocenters. The first-order chi connectivity index (χ1) is 14.3. The molecule has 0 N–H and O–H groups in total. The Kier molecular flexibility index (Phi) is 5.93. The molecule has 0 unspecified atom stereocenters. The molecule has 0 saturated carbocycles. The van der Waals surface area contributed by atoms with Gasteiger partial charge in [-0.3, -0.25) is 3.97 Å². The molecule has 160 valence electrons. The molecule has 0 radical (unpaired) electrons. The Balaban J connectivity index is 1.63. The Bertz CT molecular complexity index is 1040. The number of imidazole rings is 1. The number of methoxy groups -OCH3 is 1. The molecule has 1 aromatic carbocycles. The lowest BCUT2D eigenvalue weighted by Gasteiger charge is -2.26. The van der Waals surface area contributed by atoms with Crippen LogP contribution >= 0.6 is 11.9 Å². The van der Waals surface area contributed by atoms with Crippen molar-refractivity contribution in [2.75, 3.05) is 20.3 Å². The van der Waals surface area contributed by atoms with E-state index >= 15 is 0 Å². The second kappa shape index (κ2) is 8.47. The van der Waals surface area contributed by atoms with E-state index in [1.165, 1.54) is 12.6 Å². The minimum absolute atomic E-state index is 0.0344. The van der Waals surface area contributed by atoms with Crippen LogP contribution in [0.2, 0.25) is 0 Å². The molecule has 2 aromatic heterocycles. The van der Waals surface area contributed by atoms with Crippen LogP contribution in [-0.2, 0) is 21.4 Å². The van der Waals surface area contributed by atoms with Gasteiger partial charge in [0.25, 0.3) is 0 Å². The van der Waals surface area contributed by atoms with E-state index in [9.17, 15) is 4.79 Å². The van der Waals surface area contributed by atoms with E-state index in [0.29, 0.717) is 11.5 Å². The molecule has 1 fully saturated rings. The molecule has 0 aliphatic carbocycles. The van der Waals surface area contributed by atoms with Gasteiger partial charge in [-0.15, -0.1) is 0 Å². The summed E-state index contributed by atoms with van der Waals surface area (Å²) >= 11 is 1.55. The lowest BCUT2D eigenvalue weighted by molar-refractivity contribution is 0.0600. The summed E-state index contributed by atoms with van der Waals surface area (Å²) in [6.07, 6.45) is 5.86. The van der Waals surface area contributed by atoms with Gasteiger partial charge in [-0.2, -0.15) is 0 Å². The van der Waals surface area contributed by atoms with Crippen LogP contribution in [0.3, 0.4) is 0 Å². The van der Waals surface area contributed by atoms with Gasteiger partial charge in [-0.25, -0.2) is 9.78 Å². The minimum atomic E-state index is -0.327. The molecule has 7 heteroatoms. The lowest BCUT2D eigenvalue weighted by Crippen LogP contribution is -2.25. The Morgan fingerprint density at radius 1 is 1.27 bits per heavy atom. The predicted molar refractivity (Wildman–Crippen MR) is 119 cm³/mol. The highest BCUT2D eigenvalue weighted by atomic mass is 32.2. The maximum Gasteiger partial charge on any atom is 0.339 e. The van der Waals surface area contributed by atoms with Crippen LogP contribution in [-0.4, -0.2) is 39.8 Å². The quantitative estimate of drug-likeness (QED) is 0.542. The molecule has 6 nitrogen and oxygen atoms in total. The first-order valence-corrected chi connectivity index (χ1v) is 11.2. The molecule has 30 heavy (non-hydrogen) atoms. The zero-order valence-corrected chi connectivity index (χ0v) is 18.9. The van der Waals surface area contributed by atoms with Crippen molar-refractivity contribution in [1.29, 1.82) is 0 Å². The van der Waals surface area contributed by atoms with Crippen LogP contribution in [0.25, 0.3) is 11.0 Å². The van der Waals surface area contributed by atoms with Gasteiger partial charge in [0.1, 0.15) is 5.82 Å². The van der Waals surface area contributed by atoms with Crippen molar-refractivity contribution in [3.05, 3.63) is 48.0 Å². The molecular weight excluding hydrogens is 398 g/mol. The molecule has 3 aromatic rings. The molecule has 1 aliphatic rings. The normalized spacial score (nSPS) is 15.6. The zero-order chi connectivity index (χ0) is 21.3. The first kappa shape index (κ1) is 21.0. The Labute approximate surface area is 181 Å². The van der Waals surface area contributed by atoms with Crippen molar-refractivity contribution in [1.82, 2.24) is 13.5 Å². The molecule has 3 heterocycles. The van der Waals surface area contributed by atoms with Crippen LogP contribution in [0.4, 0.5) is 0 Å². The van der Waals surface area contributed by atoms with Crippen molar-refractivity contribution in [2.24, 2.45) is 5.92 Å². The number of esters is 1. The summed E-state index contributed by atoms with van der Waals surface area (Å²) in [6.45, 7) is 9.36.